The van der Waals surface area contributed by atoms with Crippen molar-refractivity contribution in [2.75, 3.05) is 21.1 Å². The minimum Gasteiger partial charge on any atom is -0.333 e. The standard InChI is InChI=1S/C14H17F3N4O/c1-8-9(2)20(4)11(19(8)3)7-6-10-12(14(15,16)17)18-21(5)13(10)22/h6-7H,1-5H3/b10-6+. The van der Waals surface area contributed by atoms with Gasteiger partial charge in [-0.3, -0.25) is 4.79 Å². The lowest BCUT2D eigenvalue weighted by molar-refractivity contribution is -0.124. The van der Waals surface area contributed by atoms with Crippen molar-refractivity contribution in [2.24, 2.45) is 5.10 Å². The van der Waals surface area contributed by atoms with Gasteiger partial charge in [-0.25, -0.2) is 5.01 Å². The zero-order chi connectivity index (χ0) is 16.8. The molecule has 2 aliphatic heterocycles. The number of alkyl halides is 3. The Morgan fingerprint density at radius 1 is 1.00 bits per heavy atom. The van der Waals surface area contributed by atoms with E-state index in [9.17, 15) is 18.0 Å². The molecular weight excluding hydrogens is 297 g/mol. The summed E-state index contributed by atoms with van der Waals surface area (Å²) in [5, 5.41) is 3.97. The van der Waals surface area contributed by atoms with Crippen molar-refractivity contribution in [2.45, 2.75) is 20.0 Å². The molecule has 2 heterocycles. The molecule has 0 saturated carbocycles. The van der Waals surface area contributed by atoms with Crippen LogP contribution in [0.15, 0.2) is 40.0 Å². The number of halogens is 3. The van der Waals surface area contributed by atoms with Gasteiger partial charge in [-0.15, -0.1) is 0 Å². The Hall–Kier alpha value is -2.25. The highest BCUT2D eigenvalue weighted by molar-refractivity contribution is 6.26. The third-order valence-electron chi connectivity index (χ3n) is 3.91. The number of amides is 1. The molecule has 0 N–H and O–H groups in total. The van der Waals surface area contributed by atoms with Crippen LogP contribution in [0.3, 0.4) is 0 Å². The van der Waals surface area contributed by atoms with Crippen LogP contribution in [0.5, 0.6) is 0 Å². The van der Waals surface area contributed by atoms with Crippen LogP contribution in [-0.2, 0) is 4.79 Å². The summed E-state index contributed by atoms with van der Waals surface area (Å²) in [4.78, 5) is 15.5. The van der Waals surface area contributed by atoms with E-state index in [4.69, 9.17) is 0 Å². The molecule has 0 aromatic rings. The van der Waals surface area contributed by atoms with Crippen LogP contribution in [0.25, 0.3) is 0 Å². The lowest BCUT2D eigenvalue weighted by atomic mass is 10.1. The molecule has 0 saturated heterocycles. The maximum Gasteiger partial charge on any atom is 0.435 e. The summed E-state index contributed by atoms with van der Waals surface area (Å²) in [7, 11) is 4.83. The van der Waals surface area contributed by atoms with E-state index in [0.29, 0.717) is 10.8 Å². The molecule has 0 radical (unpaired) electrons. The van der Waals surface area contributed by atoms with Gasteiger partial charge in [-0.1, -0.05) is 0 Å². The zero-order valence-electron chi connectivity index (χ0n) is 13.0. The van der Waals surface area contributed by atoms with E-state index in [1.165, 1.54) is 19.2 Å². The predicted molar refractivity (Wildman–Crippen MR) is 76.3 cm³/mol. The third kappa shape index (κ3) is 2.49. The molecule has 0 atom stereocenters. The number of nitrogens with zero attached hydrogens (tertiary/aromatic N) is 4. The quantitative estimate of drug-likeness (QED) is 0.697. The first-order chi connectivity index (χ1) is 10.1. The number of rotatable bonds is 1. The van der Waals surface area contributed by atoms with Gasteiger partial charge in [0.25, 0.3) is 5.91 Å². The van der Waals surface area contributed by atoms with Crippen molar-refractivity contribution < 1.29 is 18.0 Å². The number of likely N-dealkylation sites (N-methyl/N-ethyl adjacent to an activating group) is 1. The lowest BCUT2D eigenvalue weighted by Crippen LogP contribution is -2.25. The van der Waals surface area contributed by atoms with Crippen LogP contribution in [0.2, 0.25) is 0 Å². The van der Waals surface area contributed by atoms with Gasteiger partial charge in [0.15, 0.2) is 5.71 Å². The molecule has 8 heteroatoms. The van der Waals surface area contributed by atoms with Crippen molar-refractivity contribution in [3.63, 3.8) is 0 Å². The average Bonchev–Trinajstić information content (AvgIpc) is 2.81. The predicted octanol–water partition coefficient (Wildman–Crippen LogP) is 2.27. The van der Waals surface area contributed by atoms with Gasteiger partial charge in [0.1, 0.15) is 5.82 Å². The van der Waals surface area contributed by atoms with Crippen LogP contribution in [-0.4, -0.2) is 53.7 Å². The summed E-state index contributed by atoms with van der Waals surface area (Å²) in [6, 6.07) is 0. The monoisotopic (exact) mass is 314 g/mol. The number of hydrogen-bond donors (Lipinski definition) is 0. The van der Waals surface area contributed by atoms with Gasteiger partial charge in [0.2, 0.25) is 0 Å². The zero-order valence-corrected chi connectivity index (χ0v) is 13.0. The second-order valence-electron chi connectivity index (χ2n) is 5.17. The van der Waals surface area contributed by atoms with Crippen molar-refractivity contribution in [1.82, 2.24) is 14.8 Å². The SMILES string of the molecule is CC1=C(C)N(C)C(=C/C=C2/C(=O)N(C)N=C2C(F)(F)F)N1C. The molecule has 0 spiro atoms. The second kappa shape index (κ2) is 5.19. The molecule has 0 aliphatic carbocycles. The first-order valence-corrected chi connectivity index (χ1v) is 6.57. The number of carbonyl (C=O) groups is 1. The molecule has 2 rings (SSSR count). The molecule has 0 bridgehead atoms. The van der Waals surface area contributed by atoms with E-state index < -0.39 is 23.4 Å². The highest BCUT2D eigenvalue weighted by Gasteiger charge is 2.45. The van der Waals surface area contributed by atoms with E-state index in [1.807, 2.05) is 37.7 Å². The minimum atomic E-state index is -4.66. The van der Waals surface area contributed by atoms with Crippen LogP contribution >= 0.6 is 0 Å². The molecule has 2 aliphatic rings. The van der Waals surface area contributed by atoms with Crippen LogP contribution in [0, 0.1) is 0 Å². The highest BCUT2D eigenvalue weighted by Crippen LogP contribution is 2.30. The lowest BCUT2D eigenvalue weighted by Gasteiger charge is -2.19. The third-order valence-corrected chi connectivity index (χ3v) is 3.91. The summed E-state index contributed by atoms with van der Waals surface area (Å²) in [5.41, 5.74) is 0.367. The minimum absolute atomic E-state index is 0.452. The molecule has 0 fully saturated rings. The Bertz CT molecular complexity index is 623. The Labute approximate surface area is 126 Å². The van der Waals surface area contributed by atoms with E-state index in [0.717, 1.165) is 11.4 Å². The fourth-order valence-electron chi connectivity index (χ4n) is 2.32. The molecule has 1 amide bonds. The van der Waals surface area contributed by atoms with Crippen LogP contribution in [0.1, 0.15) is 13.8 Å². The van der Waals surface area contributed by atoms with E-state index in [-0.39, 0.29) is 0 Å². The largest absolute Gasteiger partial charge is 0.435 e. The normalized spacial score (nSPS) is 21.5. The van der Waals surface area contributed by atoms with Gasteiger partial charge >= 0.3 is 6.18 Å². The van der Waals surface area contributed by atoms with Crippen molar-refractivity contribution in [3.8, 4) is 0 Å². The van der Waals surface area contributed by atoms with E-state index >= 15 is 0 Å². The molecule has 0 aromatic heterocycles. The first-order valence-electron chi connectivity index (χ1n) is 6.57. The Morgan fingerprint density at radius 2 is 1.50 bits per heavy atom. The summed E-state index contributed by atoms with van der Waals surface area (Å²) in [6.45, 7) is 3.83. The molecule has 0 aromatic carbocycles. The maximum atomic E-state index is 12.9. The van der Waals surface area contributed by atoms with Crippen molar-refractivity contribution in [3.05, 3.63) is 34.9 Å². The number of carbonyl (C=O) groups excluding carboxylic acids is 1. The molecule has 0 unspecified atom stereocenters. The van der Waals surface area contributed by atoms with Gasteiger partial charge in [0, 0.05) is 32.5 Å². The summed E-state index contributed by atoms with van der Waals surface area (Å²) in [5.74, 6) is -0.0831. The van der Waals surface area contributed by atoms with Crippen LogP contribution in [0.4, 0.5) is 13.2 Å². The van der Waals surface area contributed by atoms with Gasteiger partial charge in [-0.2, -0.15) is 18.3 Å². The summed E-state index contributed by atoms with van der Waals surface area (Å²) in [6.07, 6.45) is -2.00. The highest BCUT2D eigenvalue weighted by atomic mass is 19.4. The van der Waals surface area contributed by atoms with Crippen molar-refractivity contribution >= 4 is 11.6 Å². The Morgan fingerprint density at radius 3 is 1.95 bits per heavy atom. The fourth-order valence-corrected chi connectivity index (χ4v) is 2.32. The average molecular weight is 314 g/mol. The fraction of sp³-hybridized carbons (Fsp3) is 0.429. The van der Waals surface area contributed by atoms with E-state index in [1.54, 1.807) is 0 Å². The van der Waals surface area contributed by atoms with E-state index in [2.05, 4.69) is 5.10 Å². The van der Waals surface area contributed by atoms with Crippen molar-refractivity contribution in [1.29, 1.82) is 0 Å². The maximum absolute atomic E-state index is 12.9. The first kappa shape index (κ1) is 16.1. The summed E-state index contributed by atoms with van der Waals surface area (Å²) >= 11 is 0. The topological polar surface area (TPSA) is 39.2 Å². The smallest absolute Gasteiger partial charge is 0.333 e. The van der Waals surface area contributed by atoms with Gasteiger partial charge in [-0.05, 0) is 26.0 Å². The molecule has 22 heavy (non-hydrogen) atoms. The summed E-state index contributed by atoms with van der Waals surface area (Å²) < 4.78 is 38.8. The Balaban J connectivity index is 2.40. The number of hydrogen-bond acceptors (Lipinski definition) is 4. The number of allylic oxidation sites excluding steroid dienone is 4. The molecule has 5 nitrogen and oxygen atoms in total. The van der Waals surface area contributed by atoms with Gasteiger partial charge in [0.05, 0.1) is 5.57 Å². The van der Waals surface area contributed by atoms with Crippen LogP contribution < -0.4 is 0 Å². The molecular formula is C14H17F3N4O. The van der Waals surface area contributed by atoms with Gasteiger partial charge < -0.3 is 9.80 Å². The second-order valence-corrected chi connectivity index (χ2v) is 5.17. The Kier molecular flexibility index (Phi) is 3.80. The molecule has 120 valence electrons. The number of hydrazone groups is 1.